The maximum Gasteiger partial charge on any atom is 0.416 e. The molecule has 0 saturated heterocycles. The van der Waals surface area contributed by atoms with Crippen molar-refractivity contribution in [3.05, 3.63) is 47.3 Å². The number of rotatable bonds is 6. The first-order valence-electron chi connectivity index (χ1n) is 8.54. The van der Waals surface area contributed by atoms with Crippen LogP contribution in [0.15, 0.2) is 30.5 Å². The fourth-order valence-electron chi connectivity index (χ4n) is 2.86. The van der Waals surface area contributed by atoms with E-state index in [-0.39, 0.29) is 11.9 Å². The number of fused-ring (bicyclic) bond motifs is 1. The van der Waals surface area contributed by atoms with Gasteiger partial charge in [0.1, 0.15) is 11.1 Å². The van der Waals surface area contributed by atoms with E-state index >= 15 is 0 Å². The zero-order valence-corrected chi connectivity index (χ0v) is 16.2. The first kappa shape index (κ1) is 20.4. The Morgan fingerprint density at radius 1 is 1.03 bits per heavy atom. The minimum absolute atomic E-state index is 0.0809. The summed E-state index contributed by atoms with van der Waals surface area (Å²) in [5, 5.41) is 5.08. The predicted molar refractivity (Wildman–Crippen MR) is 99.7 cm³/mol. The second-order valence-electron chi connectivity index (χ2n) is 6.08. The van der Waals surface area contributed by atoms with Crippen LogP contribution in [0.25, 0.3) is 17.1 Å². The van der Waals surface area contributed by atoms with Crippen LogP contribution in [0, 0.1) is 0 Å². The average Bonchev–Trinajstić information content (AvgIpc) is 3.08. The standard InChI is InChI=1S/C19H19F3N4O3/c1-11(12-5-7-13(8-6-12)19(20,21)22)26-16-15(14(25-26)9-10-27-2)17(28-3)24-18(23-16)29-4/h5-11H,1-4H3/b10-9+. The normalized spacial score (nSPS) is 13.1. The number of methoxy groups -OCH3 is 3. The Morgan fingerprint density at radius 2 is 1.72 bits per heavy atom. The van der Waals surface area contributed by atoms with E-state index in [1.165, 1.54) is 39.7 Å². The van der Waals surface area contributed by atoms with E-state index in [9.17, 15) is 13.2 Å². The molecule has 2 aromatic heterocycles. The van der Waals surface area contributed by atoms with Crippen molar-refractivity contribution in [3.8, 4) is 11.9 Å². The fourth-order valence-corrected chi connectivity index (χ4v) is 2.86. The van der Waals surface area contributed by atoms with Crippen molar-refractivity contribution in [2.45, 2.75) is 19.1 Å². The molecule has 0 aliphatic rings. The Kier molecular flexibility index (Phi) is 5.62. The quantitative estimate of drug-likeness (QED) is 0.572. The Labute approximate surface area is 164 Å². The van der Waals surface area contributed by atoms with E-state index in [1.807, 2.05) is 0 Å². The molecule has 7 nitrogen and oxygen atoms in total. The predicted octanol–water partition coefficient (Wildman–Crippen LogP) is 4.09. The van der Waals surface area contributed by atoms with Gasteiger partial charge in [0, 0.05) is 6.08 Å². The summed E-state index contributed by atoms with van der Waals surface area (Å²) in [6.07, 6.45) is -1.33. The van der Waals surface area contributed by atoms with Crippen LogP contribution >= 0.6 is 0 Å². The lowest BCUT2D eigenvalue weighted by Gasteiger charge is -2.15. The molecule has 0 bridgehead atoms. The zero-order chi connectivity index (χ0) is 21.2. The van der Waals surface area contributed by atoms with E-state index in [0.29, 0.717) is 22.3 Å². The van der Waals surface area contributed by atoms with Gasteiger partial charge < -0.3 is 14.2 Å². The van der Waals surface area contributed by atoms with E-state index in [4.69, 9.17) is 14.2 Å². The molecule has 29 heavy (non-hydrogen) atoms. The summed E-state index contributed by atoms with van der Waals surface area (Å²) in [6.45, 7) is 1.81. The van der Waals surface area contributed by atoms with Crippen molar-refractivity contribution >= 4 is 17.1 Å². The molecule has 154 valence electrons. The molecule has 0 aliphatic heterocycles. The summed E-state index contributed by atoms with van der Waals surface area (Å²) in [5.74, 6) is 0.258. The number of aromatic nitrogens is 4. The summed E-state index contributed by atoms with van der Waals surface area (Å²) < 4.78 is 55.6. The molecule has 2 heterocycles. The second kappa shape index (κ2) is 7.98. The van der Waals surface area contributed by atoms with E-state index in [2.05, 4.69) is 15.1 Å². The minimum atomic E-state index is -4.40. The monoisotopic (exact) mass is 408 g/mol. The molecule has 0 amide bonds. The maximum absolute atomic E-state index is 12.9. The molecule has 0 radical (unpaired) electrons. The lowest BCUT2D eigenvalue weighted by atomic mass is 10.1. The van der Waals surface area contributed by atoms with Crippen molar-refractivity contribution in [1.82, 2.24) is 19.7 Å². The van der Waals surface area contributed by atoms with Crippen LogP contribution in [-0.4, -0.2) is 41.1 Å². The van der Waals surface area contributed by atoms with E-state index in [1.54, 1.807) is 17.7 Å². The third-order valence-corrected chi connectivity index (χ3v) is 4.35. The number of ether oxygens (including phenoxy) is 3. The Bertz CT molecular complexity index is 1030. The van der Waals surface area contributed by atoms with Gasteiger partial charge >= 0.3 is 12.2 Å². The van der Waals surface area contributed by atoms with Gasteiger partial charge in [-0.2, -0.15) is 28.2 Å². The Hall–Kier alpha value is -3.30. The number of benzene rings is 1. The van der Waals surface area contributed by atoms with Gasteiger partial charge in [0.15, 0.2) is 5.65 Å². The third kappa shape index (κ3) is 3.96. The molecule has 0 N–H and O–H groups in total. The van der Waals surface area contributed by atoms with Crippen LogP contribution in [0.4, 0.5) is 13.2 Å². The highest BCUT2D eigenvalue weighted by Crippen LogP contribution is 2.34. The minimum Gasteiger partial charge on any atom is -0.504 e. The van der Waals surface area contributed by atoms with E-state index in [0.717, 1.165) is 12.1 Å². The summed E-state index contributed by atoms with van der Waals surface area (Å²) in [5.41, 5.74) is 0.811. The van der Waals surface area contributed by atoms with Gasteiger partial charge in [0.25, 0.3) is 0 Å². The molecule has 0 saturated carbocycles. The molecular formula is C19H19F3N4O3. The lowest BCUT2D eigenvalue weighted by Crippen LogP contribution is -2.11. The fraction of sp³-hybridized carbons (Fsp3) is 0.316. The van der Waals surface area contributed by atoms with Gasteiger partial charge in [-0.1, -0.05) is 12.1 Å². The molecule has 10 heteroatoms. The SMILES string of the molecule is CO/C=C/c1nn(C(C)c2ccc(C(F)(F)F)cc2)c2nc(OC)nc(OC)c12. The molecule has 0 fully saturated rings. The number of nitrogens with zero attached hydrogens (tertiary/aromatic N) is 4. The van der Waals surface area contributed by atoms with Gasteiger partial charge in [0.05, 0.1) is 39.2 Å². The lowest BCUT2D eigenvalue weighted by molar-refractivity contribution is -0.137. The maximum atomic E-state index is 12.9. The Morgan fingerprint density at radius 3 is 2.28 bits per heavy atom. The summed E-state index contributed by atoms with van der Waals surface area (Å²) in [6, 6.07) is 4.58. The van der Waals surface area contributed by atoms with Gasteiger partial charge in [-0.15, -0.1) is 0 Å². The highest BCUT2D eigenvalue weighted by atomic mass is 19.4. The number of alkyl halides is 3. The summed E-state index contributed by atoms with van der Waals surface area (Å²) in [7, 11) is 4.38. The van der Waals surface area contributed by atoms with E-state index < -0.39 is 17.8 Å². The third-order valence-electron chi connectivity index (χ3n) is 4.35. The summed E-state index contributed by atoms with van der Waals surface area (Å²) in [4.78, 5) is 8.55. The molecule has 3 aromatic rings. The smallest absolute Gasteiger partial charge is 0.416 e. The van der Waals surface area contributed by atoms with Crippen LogP contribution in [0.5, 0.6) is 11.9 Å². The topological polar surface area (TPSA) is 71.3 Å². The molecule has 1 unspecified atom stereocenters. The van der Waals surface area contributed by atoms with Crippen LogP contribution in [0.2, 0.25) is 0 Å². The molecule has 1 aromatic carbocycles. The largest absolute Gasteiger partial charge is 0.504 e. The van der Waals surface area contributed by atoms with Crippen molar-refractivity contribution in [3.63, 3.8) is 0 Å². The van der Waals surface area contributed by atoms with Crippen LogP contribution < -0.4 is 9.47 Å². The average molecular weight is 408 g/mol. The van der Waals surface area contributed by atoms with Crippen molar-refractivity contribution < 1.29 is 27.4 Å². The van der Waals surface area contributed by atoms with Crippen molar-refractivity contribution in [1.29, 1.82) is 0 Å². The van der Waals surface area contributed by atoms with Gasteiger partial charge in [0.2, 0.25) is 5.88 Å². The molecule has 3 rings (SSSR count). The second-order valence-corrected chi connectivity index (χ2v) is 6.08. The summed E-state index contributed by atoms with van der Waals surface area (Å²) >= 11 is 0. The van der Waals surface area contributed by atoms with Gasteiger partial charge in [-0.05, 0) is 24.6 Å². The van der Waals surface area contributed by atoms with Crippen molar-refractivity contribution in [2.24, 2.45) is 0 Å². The molecule has 1 atom stereocenters. The Balaban J connectivity index is 2.16. The van der Waals surface area contributed by atoms with Crippen LogP contribution in [0.1, 0.15) is 29.8 Å². The molecule has 0 spiro atoms. The first-order valence-corrected chi connectivity index (χ1v) is 8.54. The zero-order valence-electron chi connectivity index (χ0n) is 16.2. The van der Waals surface area contributed by atoms with Crippen LogP contribution in [-0.2, 0) is 10.9 Å². The molecular weight excluding hydrogens is 389 g/mol. The van der Waals surface area contributed by atoms with Crippen molar-refractivity contribution in [2.75, 3.05) is 21.3 Å². The van der Waals surface area contributed by atoms with Crippen LogP contribution in [0.3, 0.4) is 0 Å². The van der Waals surface area contributed by atoms with Gasteiger partial charge in [-0.3, -0.25) is 0 Å². The highest BCUT2D eigenvalue weighted by Gasteiger charge is 2.30. The number of halogens is 3. The first-order chi connectivity index (χ1) is 13.8. The van der Waals surface area contributed by atoms with Gasteiger partial charge in [-0.25, -0.2) is 4.68 Å². The number of hydrogen-bond donors (Lipinski definition) is 0. The molecule has 0 aliphatic carbocycles. The highest BCUT2D eigenvalue weighted by molar-refractivity contribution is 5.89. The number of hydrogen-bond acceptors (Lipinski definition) is 6.